The standard InChI is InChI=1S/C10H7F15/c1-2-4(11,12)5(13,14)3-6(15,16)7(17,18)8(19,20)9(21,22)10(23,24)25/h2-3H2,1H3. The Kier molecular flexibility index (Phi) is 5.74. The van der Waals surface area contributed by atoms with E-state index in [0.29, 0.717) is 0 Å². The van der Waals surface area contributed by atoms with E-state index in [1.165, 1.54) is 0 Å². The van der Waals surface area contributed by atoms with Crippen LogP contribution in [0.1, 0.15) is 19.8 Å². The second-order valence-electron chi connectivity index (χ2n) is 4.86. The number of rotatable bonds is 7. The van der Waals surface area contributed by atoms with E-state index in [9.17, 15) is 65.9 Å². The molecule has 0 aromatic heterocycles. The minimum Gasteiger partial charge on any atom is -0.200 e. The molecule has 0 saturated heterocycles. The second-order valence-corrected chi connectivity index (χ2v) is 4.86. The zero-order valence-electron chi connectivity index (χ0n) is 11.6. The molecule has 0 fully saturated rings. The van der Waals surface area contributed by atoms with Crippen molar-refractivity contribution < 1.29 is 65.9 Å². The van der Waals surface area contributed by atoms with Gasteiger partial charge in [0.15, 0.2) is 0 Å². The van der Waals surface area contributed by atoms with Gasteiger partial charge < -0.3 is 0 Å². The molecule has 0 aromatic rings. The van der Waals surface area contributed by atoms with Crippen LogP contribution >= 0.6 is 0 Å². The average Bonchev–Trinajstić information content (AvgIpc) is 2.35. The average molecular weight is 412 g/mol. The Labute approximate surface area is 129 Å². The van der Waals surface area contributed by atoms with Gasteiger partial charge in [-0.25, -0.2) is 0 Å². The summed E-state index contributed by atoms with van der Waals surface area (Å²) < 4.78 is 189. The molecular weight excluding hydrogens is 405 g/mol. The highest BCUT2D eigenvalue weighted by Gasteiger charge is 2.87. The van der Waals surface area contributed by atoms with E-state index in [4.69, 9.17) is 0 Å². The van der Waals surface area contributed by atoms with Crippen LogP contribution < -0.4 is 0 Å². The van der Waals surface area contributed by atoms with Gasteiger partial charge >= 0.3 is 41.7 Å². The van der Waals surface area contributed by atoms with Gasteiger partial charge in [-0.2, -0.15) is 65.9 Å². The summed E-state index contributed by atoms with van der Waals surface area (Å²) in [5.41, 5.74) is 0. The fraction of sp³-hybridized carbons (Fsp3) is 1.00. The molecule has 0 radical (unpaired) electrons. The largest absolute Gasteiger partial charge is 0.460 e. The van der Waals surface area contributed by atoms with E-state index in [2.05, 4.69) is 0 Å². The zero-order valence-corrected chi connectivity index (χ0v) is 11.6. The Balaban J connectivity index is 6.07. The third-order valence-corrected chi connectivity index (χ3v) is 3.03. The number of alkyl halides is 15. The lowest BCUT2D eigenvalue weighted by Crippen LogP contribution is -2.67. The highest BCUT2D eigenvalue weighted by Crippen LogP contribution is 2.59. The van der Waals surface area contributed by atoms with Crippen molar-refractivity contribution in [3.05, 3.63) is 0 Å². The molecule has 0 spiro atoms. The van der Waals surface area contributed by atoms with E-state index in [1.54, 1.807) is 0 Å². The lowest BCUT2D eigenvalue weighted by Gasteiger charge is -2.39. The predicted octanol–water partition coefficient (Wildman–Crippen LogP) is 6.16. The summed E-state index contributed by atoms with van der Waals surface area (Å²) in [5, 5.41) is 0. The van der Waals surface area contributed by atoms with Gasteiger partial charge in [0, 0.05) is 6.42 Å². The Hall–Kier alpha value is -1.05. The minimum atomic E-state index is -7.92. The molecule has 0 aliphatic rings. The van der Waals surface area contributed by atoms with E-state index in [1.807, 2.05) is 0 Å². The van der Waals surface area contributed by atoms with Crippen molar-refractivity contribution >= 4 is 0 Å². The maximum absolute atomic E-state index is 13.0. The monoisotopic (exact) mass is 412 g/mol. The SMILES string of the molecule is CCC(F)(F)C(F)(F)CC(F)(F)C(F)(F)C(F)(F)C(F)(F)C(F)(F)F. The molecule has 0 saturated carbocycles. The van der Waals surface area contributed by atoms with E-state index in [-0.39, 0.29) is 6.92 Å². The van der Waals surface area contributed by atoms with Gasteiger partial charge in [-0.1, -0.05) is 6.92 Å². The lowest BCUT2D eigenvalue weighted by atomic mass is 9.92. The number of hydrogen-bond acceptors (Lipinski definition) is 0. The first-order valence-electron chi connectivity index (χ1n) is 5.85. The molecule has 0 rings (SSSR count). The quantitative estimate of drug-likeness (QED) is 0.440. The summed E-state index contributed by atoms with van der Waals surface area (Å²) in [7, 11) is 0. The van der Waals surface area contributed by atoms with E-state index in [0.717, 1.165) is 0 Å². The first-order valence-corrected chi connectivity index (χ1v) is 5.85. The molecule has 25 heavy (non-hydrogen) atoms. The Morgan fingerprint density at radius 1 is 0.440 bits per heavy atom. The van der Waals surface area contributed by atoms with Crippen LogP contribution in [0.3, 0.4) is 0 Å². The fourth-order valence-corrected chi connectivity index (χ4v) is 1.38. The van der Waals surface area contributed by atoms with Crippen molar-refractivity contribution in [3.8, 4) is 0 Å². The van der Waals surface area contributed by atoms with Crippen LogP contribution in [0, 0.1) is 0 Å². The van der Waals surface area contributed by atoms with Gasteiger partial charge in [0.05, 0.1) is 6.42 Å². The summed E-state index contributed by atoms with van der Waals surface area (Å²) in [5.74, 6) is -42.0. The third-order valence-electron chi connectivity index (χ3n) is 3.03. The van der Waals surface area contributed by atoms with Crippen molar-refractivity contribution in [1.82, 2.24) is 0 Å². The molecular formula is C10H7F15. The Morgan fingerprint density at radius 2 is 0.800 bits per heavy atom. The molecule has 0 nitrogen and oxygen atoms in total. The lowest BCUT2D eigenvalue weighted by molar-refractivity contribution is -0.427. The van der Waals surface area contributed by atoms with Crippen LogP contribution in [-0.2, 0) is 0 Å². The molecule has 0 amide bonds. The van der Waals surface area contributed by atoms with Crippen LogP contribution in [0.5, 0.6) is 0 Å². The van der Waals surface area contributed by atoms with Gasteiger partial charge in [0.25, 0.3) is 0 Å². The topological polar surface area (TPSA) is 0 Å². The van der Waals surface area contributed by atoms with Crippen molar-refractivity contribution in [3.63, 3.8) is 0 Å². The van der Waals surface area contributed by atoms with Crippen molar-refractivity contribution in [1.29, 1.82) is 0 Å². The Morgan fingerprint density at radius 3 is 1.08 bits per heavy atom. The molecule has 0 heterocycles. The highest BCUT2D eigenvalue weighted by molar-refractivity contribution is 5.08. The molecule has 0 aliphatic carbocycles. The summed E-state index contributed by atoms with van der Waals surface area (Å²) in [6.07, 6.45) is -13.5. The predicted molar refractivity (Wildman–Crippen MR) is 50.6 cm³/mol. The summed E-state index contributed by atoms with van der Waals surface area (Å²) in [6.45, 7) is 0.261. The number of halogens is 15. The summed E-state index contributed by atoms with van der Waals surface area (Å²) in [4.78, 5) is 0. The molecule has 0 unspecified atom stereocenters. The van der Waals surface area contributed by atoms with Gasteiger partial charge in [-0.05, 0) is 0 Å². The van der Waals surface area contributed by atoms with Crippen molar-refractivity contribution in [2.75, 3.05) is 0 Å². The molecule has 15 heteroatoms. The third kappa shape index (κ3) is 3.59. The normalized spacial score (nSPS) is 16.3. The van der Waals surface area contributed by atoms with Gasteiger partial charge in [0.2, 0.25) is 0 Å². The summed E-state index contributed by atoms with van der Waals surface area (Å²) >= 11 is 0. The second kappa shape index (κ2) is 5.99. The molecule has 0 bridgehead atoms. The van der Waals surface area contributed by atoms with Crippen molar-refractivity contribution in [2.45, 2.75) is 61.5 Å². The zero-order chi connectivity index (χ0) is 20.9. The van der Waals surface area contributed by atoms with Crippen LogP contribution in [0.4, 0.5) is 65.9 Å². The highest BCUT2D eigenvalue weighted by atomic mass is 19.4. The summed E-state index contributed by atoms with van der Waals surface area (Å²) in [6, 6.07) is 0. The molecule has 0 N–H and O–H groups in total. The van der Waals surface area contributed by atoms with Crippen LogP contribution in [0.2, 0.25) is 0 Å². The Bertz CT molecular complexity index is 471. The maximum atomic E-state index is 13.0. The van der Waals surface area contributed by atoms with Crippen LogP contribution in [0.15, 0.2) is 0 Å². The first kappa shape index (κ1) is 23.9. The first-order chi connectivity index (χ1) is 10.5. The van der Waals surface area contributed by atoms with Crippen molar-refractivity contribution in [2.24, 2.45) is 0 Å². The molecule has 0 aliphatic heterocycles. The minimum absolute atomic E-state index is 0.261. The van der Waals surface area contributed by atoms with Gasteiger partial charge in [-0.3, -0.25) is 0 Å². The van der Waals surface area contributed by atoms with Gasteiger partial charge in [-0.15, -0.1) is 0 Å². The fourth-order valence-electron chi connectivity index (χ4n) is 1.38. The molecule has 152 valence electrons. The number of hydrogen-bond donors (Lipinski definition) is 0. The van der Waals surface area contributed by atoms with Gasteiger partial charge in [0.1, 0.15) is 0 Å². The molecule has 0 aromatic carbocycles. The van der Waals surface area contributed by atoms with E-state index >= 15 is 0 Å². The smallest absolute Gasteiger partial charge is 0.200 e. The van der Waals surface area contributed by atoms with Crippen LogP contribution in [-0.4, -0.2) is 41.7 Å². The van der Waals surface area contributed by atoms with E-state index < -0.39 is 54.6 Å². The maximum Gasteiger partial charge on any atom is 0.460 e. The van der Waals surface area contributed by atoms with Crippen LogP contribution in [0.25, 0.3) is 0 Å². The molecule has 0 atom stereocenters.